The second-order valence-corrected chi connectivity index (χ2v) is 5.34. The third-order valence-electron chi connectivity index (χ3n) is 2.11. The van der Waals surface area contributed by atoms with E-state index in [4.69, 9.17) is 4.74 Å². The lowest BCUT2D eigenvalue weighted by Gasteiger charge is -2.22. The zero-order valence-corrected chi connectivity index (χ0v) is 11.4. The second-order valence-electron chi connectivity index (χ2n) is 4.47. The summed E-state index contributed by atoms with van der Waals surface area (Å²) in [6.07, 6.45) is 2.36. The molecular formula is C11H23NO3S. The van der Waals surface area contributed by atoms with Crippen molar-refractivity contribution in [2.75, 3.05) is 32.3 Å². The number of carbonyl (C=O) groups excluding carboxylic acids is 1. The largest absolute Gasteiger partial charge is 0.387 e. The summed E-state index contributed by atoms with van der Waals surface area (Å²) in [6.45, 7) is 4.56. The van der Waals surface area contributed by atoms with Gasteiger partial charge in [-0.1, -0.05) is 6.92 Å². The summed E-state index contributed by atoms with van der Waals surface area (Å²) in [5.41, 5.74) is -0.834. The van der Waals surface area contributed by atoms with Crippen molar-refractivity contribution in [2.24, 2.45) is 5.92 Å². The van der Waals surface area contributed by atoms with Gasteiger partial charge >= 0.3 is 0 Å². The van der Waals surface area contributed by atoms with Gasteiger partial charge in [-0.25, -0.2) is 0 Å². The number of aliphatic hydroxyl groups is 1. The molecule has 0 heterocycles. The summed E-state index contributed by atoms with van der Waals surface area (Å²) >= 11 is 1.56. The Morgan fingerprint density at radius 2 is 2.25 bits per heavy atom. The third-order valence-corrected chi connectivity index (χ3v) is 3.02. The summed E-state index contributed by atoms with van der Waals surface area (Å²) in [4.78, 5) is 11.5. The molecule has 16 heavy (non-hydrogen) atoms. The van der Waals surface area contributed by atoms with E-state index >= 15 is 0 Å². The molecule has 0 aliphatic heterocycles. The molecule has 1 amide bonds. The quantitative estimate of drug-likeness (QED) is 0.671. The van der Waals surface area contributed by atoms with Crippen molar-refractivity contribution in [3.8, 4) is 0 Å². The van der Waals surface area contributed by atoms with E-state index in [1.165, 1.54) is 0 Å². The van der Waals surface area contributed by atoms with Gasteiger partial charge in [0.1, 0.15) is 0 Å². The van der Waals surface area contributed by atoms with Crippen LogP contribution in [0.4, 0.5) is 0 Å². The normalized spacial score (nSPS) is 16.6. The molecule has 0 aromatic rings. The number of hydrogen-bond donors (Lipinski definition) is 2. The minimum absolute atomic E-state index is 0.0362. The smallest absolute Gasteiger partial charge is 0.220 e. The van der Waals surface area contributed by atoms with Crippen molar-refractivity contribution in [2.45, 2.75) is 25.9 Å². The molecule has 4 nitrogen and oxygen atoms in total. The first-order valence-corrected chi connectivity index (χ1v) is 6.77. The first-order valence-electron chi connectivity index (χ1n) is 5.38. The van der Waals surface area contributed by atoms with Crippen molar-refractivity contribution in [3.63, 3.8) is 0 Å². The van der Waals surface area contributed by atoms with Gasteiger partial charge in [0.25, 0.3) is 0 Å². The number of nitrogens with one attached hydrogen (secondary N) is 1. The molecule has 2 atom stereocenters. The van der Waals surface area contributed by atoms with Crippen molar-refractivity contribution in [1.29, 1.82) is 0 Å². The van der Waals surface area contributed by atoms with E-state index in [0.29, 0.717) is 25.3 Å². The highest BCUT2D eigenvalue weighted by atomic mass is 32.2. The predicted molar refractivity (Wildman–Crippen MR) is 67.7 cm³/mol. The first kappa shape index (κ1) is 15.7. The van der Waals surface area contributed by atoms with Gasteiger partial charge in [0.15, 0.2) is 0 Å². The number of carbonyl (C=O) groups is 1. The van der Waals surface area contributed by atoms with E-state index in [1.54, 1.807) is 25.8 Å². The number of methoxy groups -OCH3 is 1. The number of rotatable bonds is 8. The summed E-state index contributed by atoms with van der Waals surface area (Å²) in [7, 11) is 1.62. The summed E-state index contributed by atoms with van der Waals surface area (Å²) in [6, 6.07) is 0. The Balaban J connectivity index is 3.80. The maximum absolute atomic E-state index is 11.5. The van der Waals surface area contributed by atoms with E-state index < -0.39 is 5.60 Å². The highest BCUT2D eigenvalue weighted by molar-refractivity contribution is 7.98. The van der Waals surface area contributed by atoms with E-state index in [9.17, 15) is 9.90 Å². The Morgan fingerprint density at radius 3 is 2.75 bits per heavy atom. The fourth-order valence-corrected chi connectivity index (χ4v) is 2.11. The van der Waals surface area contributed by atoms with Crippen molar-refractivity contribution in [1.82, 2.24) is 5.32 Å². The van der Waals surface area contributed by atoms with Crippen molar-refractivity contribution >= 4 is 17.7 Å². The molecule has 2 N–H and O–H groups in total. The van der Waals surface area contributed by atoms with E-state index in [1.807, 2.05) is 13.2 Å². The van der Waals surface area contributed by atoms with Crippen LogP contribution in [0.5, 0.6) is 0 Å². The van der Waals surface area contributed by atoms with E-state index in [2.05, 4.69) is 5.32 Å². The standard InChI is InChI=1S/C11H23NO3S/c1-9(6-15-3)5-10(13)12-7-11(2,14)8-16-4/h9,14H,5-8H2,1-4H3,(H,12,13). The summed E-state index contributed by atoms with van der Waals surface area (Å²) in [5, 5.41) is 12.6. The van der Waals surface area contributed by atoms with Crippen LogP contribution in [0.2, 0.25) is 0 Å². The van der Waals surface area contributed by atoms with Crippen LogP contribution >= 0.6 is 11.8 Å². The molecule has 0 aromatic carbocycles. The van der Waals surface area contributed by atoms with Gasteiger partial charge in [0.2, 0.25) is 5.91 Å². The first-order chi connectivity index (χ1) is 7.41. The minimum Gasteiger partial charge on any atom is -0.387 e. The Morgan fingerprint density at radius 1 is 1.62 bits per heavy atom. The highest BCUT2D eigenvalue weighted by Crippen LogP contribution is 2.09. The molecule has 5 heteroatoms. The van der Waals surface area contributed by atoms with Gasteiger partial charge < -0.3 is 15.2 Å². The van der Waals surface area contributed by atoms with Crippen LogP contribution in [-0.2, 0) is 9.53 Å². The topological polar surface area (TPSA) is 58.6 Å². The van der Waals surface area contributed by atoms with Gasteiger partial charge in [-0.05, 0) is 19.1 Å². The molecule has 2 unspecified atom stereocenters. The Hall–Kier alpha value is -0.260. The van der Waals surface area contributed by atoms with Crippen LogP contribution in [0.25, 0.3) is 0 Å². The fourth-order valence-electron chi connectivity index (χ4n) is 1.38. The Labute approximate surface area is 102 Å². The SMILES string of the molecule is COCC(C)CC(=O)NCC(C)(O)CSC. The van der Waals surface area contributed by atoms with Gasteiger partial charge in [0, 0.05) is 32.4 Å². The Kier molecular flexibility index (Phi) is 7.80. The average Bonchev–Trinajstić information content (AvgIpc) is 2.15. The zero-order chi connectivity index (χ0) is 12.6. The number of hydrogen-bond acceptors (Lipinski definition) is 4. The van der Waals surface area contributed by atoms with Crippen molar-refractivity contribution in [3.05, 3.63) is 0 Å². The molecule has 0 saturated carbocycles. The van der Waals surface area contributed by atoms with Gasteiger partial charge in [-0.15, -0.1) is 0 Å². The van der Waals surface area contributed by atoms with Gasteiger partial charge in [-0.3, -0.25) is 4.79 Å². The molecule has 96 valence electrons. The second kappa shape index (κ2) is 7.92. The van der Waals surface area contributed by atoms with Crippen LogP contribution in [0.3, 0.4) is 0 Å². The van der Waals surface area contributed by atoms with Crippen LogP contribution in [0.1, 0.15) is 20.3 Å². The predicted octanol–water partition coefficient (Wildman–Crippen LogP) is 0.889. The monoisotopic (exact) mass is 249 g/mol. The molecule has 0 aromatic heterocycles. The lowest BCUT2D eigenvalue weighted by Crippen LogP contribution is -2.42. The molecule has 0 aliphatic rings. The zero-order valence-electron chi connectivity index (χ0n) is 10.6. The van der Waals surface area contributed by atoms with E-state index in [-0.39, 0.29) is 11.8 Å². The molecule has 0 saturated heterocycles. The third kappa shape index (κ3) is 7.96. The average molecular weight is 249 g/mol. The molecule has 0 aliphatic carbocycles. The number of thioether (sulfide) groups is 1. The molecule has 0 bridgehead atoms. The molecule has 0 radical (unpaired) electrons. The van der Waals surface area contributed by atoms with Crippen LogP contribution in [0, 0.1) is 5.92 Å². The number of ether oxygens (including phenoxy) is 1. The molecule has 0 rings (SSSR count). The lowest BCUT2D eigenvalue weighted by atomic mass is 10.1. The highest BCUT2D eigenvalue weighted by Gasteiger charge is 2.20. The molecule has 0 fully saturated rings. The van der Waals surface area contributed by atoms with Crippen molar-refractivity contribution < 1.29 is 14.6 Å². The maximum Gasteiger partial charge on any atom is 0.220 e. The molecule has 0 spiro atoms. The van der Waals surface area contributed by atoms with Crippen LogP contribution < -0.4 is 5.32 Å². The molecular weight excluding hydrogens is 226 g/mol. The summed E-state index contributed by atoms with van der Waals surface area (Å²) in [5.74, 6) is 0.780. The minimum atomic E-state index is -0.834. The van der Waals surface area contributed by atoms with Crippen LogP contribution in [-0.4, -0.2) is 48.9 Å². The fraction of sp³-hybridized carbons (Fsp3) is 0.909. The summed E-state index contributed by atoms with van der Waals surface area (Å²) < 4.78 is 4.96. The van der Waals surface area contributed by atoms with Gasteiger partial charge in [0.05, 0.1) is 5.60 Å². The van der Waals surface area contributed by atoms with Gasteiger partial charge in [-0.2, -0.15) is 11.8 Å². The van der Waals surface area contributed by atoms with E-state index in [0.717, 1.165) is 0 Å². The number of amides is 1. The Bertz CT molecular complexity index is 209. The maximum atomic E-state index is 11.5. The van der Waals surface area contributed by atoms with Crippen LogP contribution in [0.15, 0.2) is 0 Å². The lowest BCUT2D eigenvalue weighted by molar-refractivity contribution is -0.123.